The molecule has 13 nitrogen and oxygen atoms in total. The van der Waals surface area contributed by atoms with E-state index in [-0.39, 0.29) is 25.1 Å². The van der Waals surface area contributed by atoms with E-state index in [1.54, 1.807) is 20.8 Å². The van der Waals surface area contributed by atoms with Crippen LogP contribution in [0.5, 0.6) is 5.75 Å². The number of carboxylic acid groups (broad SMARTS) is 1. The van der Waals surface area contributed by atoms with Crippen LogP contribution in [0.25, 0.3) is 0 Å². The van der Waals surface area contributed by atoms with Crippen molar-refractivity contribution in [3.05, 3.63) is 29.8 Å². The molecule has 1 rings (SSSR count). The third-order valence-corrected chi connectivity index (χ3v) is 5.62. The van der Waals surface area contributed by atoms with Crippen LogP contribution in [-0.4, -0.2) is 88.6 Å². The molecule has 0 saturated carbocycles. The molecular formula is C25H35N4O9S. The van der Waals surface area contributed by atoms with Gasteiger partial charge in [0.15, 0.2) is 0 Å². The average Bonchev–Trinajstić information content (AvgIpc) is 2.83. The van der Waals surface area contributed by atoms with Crippen molar-refractivity contribution in [3.8, 4) is 5.75 Å². The van der Waals surface area contributed by atoms with Crippen LogP contribution in [0.15, 0.2) is 24.3 Å². The topological polar surface area (TPSA) is 200 Å². The smallest absolute Gasteiger partial charge is 0.408 e. The summed E-state index contributed by atoms with van der Waals surface area (Å²) in [6.07, 6.45) is 1.66. The summed E-state index contributed by atoms with van der Waals surface area (Å²) in [5, 5.41) is 28.4. The lowest BCUT2D eigenvalue weighted by atomic mass is 10.0. The summed E-state index contributed by atoms with van der Waals surface area (Å²) >= 11 is 1.43. The van der Waals surface area contributed by atoms with Gasteiger partial charge in [0, 0.05) is 6.42 Å². The van der Waals surface area contributed by atoms with Crippen molar-refractivity contribution in [2.75, 3.05) is 18.6 Å². The molecule has 0 spiro atoms. The van der Waals surface area contributed by atoms with Crippen molar-refractivity contribution in [1.29, 1.82) is 0 Å². The Morgan fingerprint density at radius 2 is 1.54 bits per heavy atom. The van der Waals surface area contributed by atoms with Gasteiger partial charge in [-0.1, -0.05) is 12.1 Å². The average molecular weight is 568 g/mol. The molecule has 0 bridgehead atoms. The van der Waals surface area contributed by atoms with Gasteiger partial charge in [-0.15, -0.1) is 0 Å². The lowest BCUT2D eigenvalue weighted by Gasteiger charge is -2.26. The number of aromatic hydroxyl groups is 1. The number of aliphatic carboxylic acids is 1. The number of carboxylic acids is 1. The fourth-order valence-corrected chi connectivity index (χ4v) is 3.68. The number of nitrogens with one attached hydrogen (secondary N) is 4. The van der Waals surface area contributed by atoms with Gasteiger partial charge in [0.05, 0.1) is 13.0 Å². The predicted molar refractivity (Wildman–Crippen MR) is 143 cm³/mol. The second kappa shape index (κ2) is 16.2. The fraction of sp³-hybridized carbons (Fsp3) is 0.520. The second-order valence-electron chi connectivity index (χ2n) is 9.43. The van der Waals surface area contributed by atoms with Gasteiger partial charge >= 0.3 is 12.1 Å². The number of amides is 4. The highest BCUT2D eigenvalue weighted by atomic mass is 32.2. The predicted octanol–water partition coefficient (Wildman–Crippen LogP) is 0.251. The first-order chi connectivity index (χ1) is 18.2. The van der Waals surface area contributed by atoms with Crippen molar-refractivity contribution in [3.63, 3.8) is 0 Å². The number of phenolic OH excluding ortho intramolecular Hbond substituents is 1. The Balaban J connectivity index is 3.20. The number of carbonyl (C=O) groups is 5. The lowest BCUT2D eigenvalue weighted by molar-refractivity contribution is -0.140. The molecule has 0 aliphatic heterocycles. The molecular weight excluding hydrogens is 532 g/mol. The molecule has 0 aromatic heterocycles. The summed E-state index contributed by atoms with van der Waals surface area (Å²) in [4.78, 5) is 73.0. The van der Waals surface area contributed by atoms with Crippen LogP contribution in [0.1, 0.15) is 39.2 Å². The van der Waals surface area contributed by atoms with Gasteiger partial charge < -0.3 is 36.2 Å². The highest BCUT2D eigenvalue weighted by Gasteiger charge is 2.31. The van der Waals surface area contributed by atoms with Gasteiger partial charge in [0.2, 0.25) is 24.0 Å². The number of carbonyl (C=O) groups excluding carboxylic acids is 5. The number of rotatable bonds is 15. The minimum absolute atomic E-state index is 0.0207. The molecule has 1 radical (unpaired) electrons. The number of phenols is 1. The first-order valence-corrected chi connectivity index (χ1v) is 13.4. The van der Waals surface area contributed by atoms with Gasteiger partial charge in [0.1, 0.15) is 29.5 Å². The summed E-state index contributed by atoms with van der Waals surface area (Å²) in [5.41, 5.74) is -0.382. The van der Waals surface area contributed by atoms with E-state index in [9.17, 15) is 39.0 Å². The Hall–Kier alpha value is -3.81. The van der Waals surface area contributed by atoms with Crippen LogP contribution in [0.3, 0.4) is 0 Å². The van der Waals surface area contributed by atoms with E-state index in [4.69, 9.17) is 4.74 Å². The van der Waals surface area contributed by atoms with Gasteiger partial charge in [-0.3, -0.25) is 24.0 Å². The van der Waals surface area contributed by atoms with E-state index in [2.05, 4.69) is 21.3 Å². The first-order valence-electron chi connectivity index (χ1n) is 12.0. The van der Waals surface area contributed by atoms with Crippen LogP contribution in [0, 0.1) is 0 Å². The van der Waals surface area contributed by atoms with Crippen LogP contribution in [0.4, 0.5) is 4.79 Å². The van der Waals surface area contributed by atoms with E-state index in [0.717, 1.165) is 0 Å². The number of ether oxygens (including phenoxy) is 1. The normalized spacial score (nSPS) is 13.2. The molecule has 14 heteroatoms. The van der Waals surface area contributed by atoms with Crippen molar-refractivity contribution >= 4 is 47.8 Å². The van der Waals surface area contributed by atoms with E-state index in [0.29, 0.717) is 11.3 Å². The Labute approximate surface area is 230 Å². The van der Waals surface area contributed by atoms with Gasteiger partial charge in [-0.25, -0.2) is 4.79 Å². The molecule has 1 aromatic rings. The molecule has 39 heavy (non-hydrogen) atoms. The van der Waals surface area contributed by atoms with Crippen molar-refractivity contribution in [2.24, 2.45) is 0 Å². The Bertz CT molecular complexity index is 1010. The third kappa shape index (κ3) is 13.5. The lowest BCUT2D eigenvalue weighted by Crippen LogP contribution is -2.58. The molecule has 1 aromatic carbocycles. The number of thioether (sulfide) groups is 1. The zero-order chi connectivity index (χ0) is 29.6. The van der Waals surface area contributed by atoms with E-state index < -0.39 is 59.9 Å². The fourth-order valence-electron chi connectivity index (χ4n) is 3.21. The van der Waals surface area contributed by atoms with Crippen LogP contribution in [0.2, 0.25) is 0 Å². The number of hydrogen-bond donors (Lipinski definition) is 6. The van der Waals surface area contributed by atoms with Crippen LogP contribution >= 0.6 is 11.8 Å². The molecule has 0 fully saturated rings. The van der Waals surface area contributed by atoms with Crippen LogP contribution < -0.4 is 21.3 Å². The SMILES string of the molecule is CSCC[C@H](NC(=O)[C@H](Cc1ccc(O)cc1)NC(=O)[C@H](CC(=O)O)NC(=O)OC(C)(C)C)C(=O)NC[C]=O. The largest absolute Gasteiger partial charge is 0.508 e. The summed E-state index contributed by atoms with van der Waals surface area (Å²) in [7, 11) is 0. The molecule has 215 valence electrons. The van der Waals surface area contributed by atoms with E-state index >= 15 is 0 Å². The molecule has 0 saturated heterocycles. The molecule has 0 heterocycles. The van der Waals surface area contributed by atoms with Crippen LogP contribution in [-0.2, 0) is 35.1 Å². The molecule has 0 unspecified atom stereocenters. The molecule has 0 aliphatic carbocycles. The summed E-state index contributed by atoms with van der Waals surface area (Å²) in [6, 6.07) is 1.89. The zero-order valence-corrected chi connectivity index (χ0v) is 23.1. The maximum atomic E-state index is 13.3. The highest BCUT2D eigenvalue weighted by molar-refractivity contribution is 7.98. The van der Waals surface area contributed by atoms with Gasteiger partial charge in [0.25, 0.3) is 0 Å². The number of benzene rings is 1. The van der Waals surface area contributed by atoms with Crippen molar-refractivity contribution in [2.45, 2.75) is 63.8 Å². The molecule has 4 amide bonds. The Morgan fingerprint density at radius 1 is 0.949 bits per heavy atom. The van der Waals surface area contributed by atoms with E-state index in [1.165, 1.54) is 42.3 Å². The standard InChI is InChI=1S/C25H35N4O9S/c1-25(2,3)38-24(37)29-19(14-20(32)33)23(36)28-18(13-15-5-7-16(31)8-6-15)22(35)27-17(9-12-39-4)21(34)26-10-11-30/h5-8,17-19,31H,9-10,12-14H2,1-4H3,(H,26,34)(H,27,35)(H,28,36)(H,29,37)(H,32,33)/t17-,18-,19-/m0/s1. The molecule has 3 atom stereocenters. The van der Waals surface area contributed by atoms with Gasteiger partial charge in [-0.05, 0) is 56.9 Å². The minimum Gasteiger partial charge on any atom is -0.508 e. The third-order valence-electron chi connectivity index (χ3n) is 4.97. The maximum absolute atomic E-state index is 13.3. The quantitative estimate of drug-likeness (QED) is 0.171. The highest BCUT2D eigenvalue weighted by Crippen LogP contribution is 2.13. The molecule has 6 N–H and O–H groups in total. The van der Waals surface area contributed by atoms with Crippen molar-refractivity contribution in [1.82, 2.24) is 21.3 Å². The summed E-state index contributed by atoms with van der Waals surface area (Å²) in [5.74, 6) is -3.26. The zero-order valence-electron chi connectivity index (χ0n) is 22.2. The van der Waals surface area contributed by atoms with E-state index in [1.807, 2.05) is 6.26 Å². The maximum Gasteiger partial charge on any atom is 0.408 e. The monoisotopic (exact) mass is 567 g/mol. The minimum atomic E-state index is -1.58. The summed E-state index contributed by atoms with van der Waals surface area (Å²) < 4.78 is 5.11. The number of hydrogen-bond acceptors (Lipinski definition) is 9. The second-order valence-corrected chi connectivity index (χ2v) is 10.4. The van der Waals surface area contributed by atoms with Gasteiger partial charge in [-0.2, -0.15) is 11.8 Å². The molecule has 0 aliphatic rings. The first kappa shape index (κ1) is 33.2. The Kier molecular flexibility index (Phi) is 13.8. The summed E-state index contributed by atoms with van der Waals surface area (Å²) in [6.45, 7) is 4.40. The van der Waals surface area contributed by atoms with Crippen molar-refractivity contribution < 1.29 is 43.7 Å². The Morgan fingerprint density at radius 3 is 2.08 bits per heavy atom. The number of alkyl carbamates (subject to hydrolysis) is 1.